The highest BCUT2D eigenvalue weighted by Crippen LogP contribution is 2.67. The van der Waals surface area contributed by atoms with Crippen LogP contribution in [0.25, 0.3) is 0 Å². The molecule has 8 N–H and O–H groups in total. The predicted octanol–water partition coefficient (Wildman–Crippen LogP) is 9.19. The van der Waals surface area contributed by atoms with Crippen LogP contribution >= 0.6 is 63.7 Å². The molecule has 24 unspecified atom stereocenters. The summed E-state index contributed by atoms with van der Waals surface area (Å²) in [5.41, 5.74) is 0.536. The number of fused-ring (bicyclic) bond motifs is 20. The van der Waals surface area contributed by atoms with E-state index < -0.39 is 0 Å². The van der Waals surface area contributed by atoms with Gasteiger partial charge >= 0.3 is 0 Å². The van der Waals surface area contributed by atoms with Gasteiger partial charge in [-0.05, 0) is 107 Å². The summed E-state index contributed by atoms with van der Waals surface area (Å²) in [5, 5.41) is 35.4. The van der Waals surface area contributed by atoms with Crippen LogP contribution < -0.4 is 42.5 Å². The molecule has 5 saturated heterocycles. The van der Waals surface area contributed by atoms with Crippen LogP contribution in [0.15, 0.2) is 0 Å². The van der Waals surface area contributed by atoms with E-state index in [-0.39, 0.29) is 58.7 Å². The van der Waals surface area contributed by atoms with Gasteiger partial charge in [0.1, 0.15) is 0 Å². The number of rotatable bonds is 0. The van der Waals surface area contributed by atoms with Gasteiger partial charge in [0.15, 0.2) is 0 Å². The molecule has 0 aromatic rings. The molecule has 12 heteroatoms. The Balaban J connectivity index is 1.20. The zero-order valence-corrected chi connectivity index (χ0v) is 45.4. The molecular formula is C48H84Br4N8. The third kappa shape index (κ3) is 8.03. The molecular weight excluding hydrogens is 1010 g/mol. The summed E-state index contributed by atoms with van der Waals surface area (Å²) in [4.78, 5) is 1.20. The molecule has 0 radical (unpaired) electrons. The van der Waals surface area contributed by atoms with Gasteiger partial charge in [-0.3, -0.25) is 42.5 Å². The Morgan fingerprint density at radius 1 is 0.283 bits per heavy atom. The van der Waals surface area contributed by atoms with Gasteiger partial charge in [-0.2, -0.15) is 0 Å². The highest BCUT2D eigenvalue weighted by atomic mass is 79.9. The first-order valence-electron chi connectivity index (χ1n) is 24.6. The lowest BCUT2D eigenvalue weighted by atomic mass is 9.40. The minimum atomic E-state index is 0.114. The van der Waals surface area contributed by atoms with E-state index in [0.717, 1.165) is 0 Å². The largest absolute Gasteiger partial charge is 0.286 e. The summed E-state index contributed by atoms with van der Waals surface area (Å²) in [6, 6.07) is 0. The summed E-state index contributed by atoms with van der Waals surface area (Å²) in [6.07, 6.45) is 12.4. The SMILES string of the molecule is CC(C)(C)C1C2C3NC4NC(NC5NC(NC6NC(NC(N3)C2C(C(C)(C)C)C(C(C)(C)C)C1C(C)(C)C)C1C(Br)C(Br)C(Br)C(Br)C61)C1CCCCC51)C1CCCCC41. The van der Waals surface area contributed by atoms with Crippen molar-refractivity contribution in [1.29, 1.82) is 0 Å². The lowest BCUT2D eigenvalue weighted by Gasteiger charge is -2.64. The number of hydrogen-bond acceptors (Lipinski definition) is 8. The van der Waals surface area contributed by atoms with Crippen molar-refractivity contribution < 1.29 is 0 Å². The van der Waals surface area contributed by atoms with Crippen LogP contribution in [0.3, 0.4) is 0 Å². The van der Waals surface area contributed by atoms with Gasteiger partial charge in [-0.1, -0.05) is 172 Å². The van der Waals surface area contributed by atoms with Crippen molar-refractivity contribution in [2.45, 2.75) is 203 Å². The van der Waals surface area contributed by atoms with E-state index in [1.807, 2.05) is 0 Å². The standard InChI is InChI=1S/C48H84Br4N8/c1-45(2,3)29-25-26(30(46(4,5)6)32(48(10,11)12)31(29)47(7,8)9)42-58-41(25)56-39-23-19-15-13-17-21(23)37(54-39)53-38-22-18-14-16-20-24(22)40(55-38)57-43-27-28(44(59-42)60-43)34(50)36(52)35(51)33(27)49/h21-44,53-60H,13-20H2,1-12H3. The second-order valence-corrected chi connectivity index (χ2v) is 30.3. The molecule has 5 aliphatic heterocycles. The Morgan fingerprint density at radius 3 is 0.750 bits per heavy atom. The summed E-state index contributed by atoms with van der Waals surface area (Å²) in [5.74, 6) is 6.34. The molecule has 0 aromatic heterocycles. The first kappa shape index (κ1) is 46.7. The average Bonchev–Trinajstić information content (AvgIpc) is 3.89. The number of hydrogen-bond donors (Lipinski definition) is 8. The quantitative estimate of drug-likeness (QED) is 0.114. The van der Waals surface area contributed by atoms with Crippen molar-refractivity contribution in [3.8, 4) is 0 Å². The molecule has 8 bridgehead atoms. The minimum absolute atomic E-state index is 0.114. The molecule has 0 spiro atoms. The van der Waals surface area contributed by atoms with Gasteiger partial charge in [-0.15, -0.1) is 0 Å². The lowest BCUT2D eigenvalue weighted by molar-refractivity contribution is -0.168. The fourth-order valence-electron chi connectivity index (χ4n) is 16.5. The van der Waals surface area contributed by atoms with E-state index in [4.69, 9.17) is 0 Å². The first-order valence-corrected chi connectivity index (χ1v) is 28.3. The fourth-order valence-corrected chi connectivity index (χ4v) is 20.7. The van der Waals surface area contributed by atoms with Crippen molar-refractivity contribution >= 4 is 63.7 Å². The van der Waals surface area contributed by atoms with Gasteiger partial charge in [0.2, 0.25) is 0 Å². The Hall–Kier alpha value is 1.60. The molecule has 0 aromatic carbocycles. The van der Waals surface area contributed by atoms with Gasteiger partial charge in [-0.25, -0.2) is 0 Å². The molecule has 9 aliphatic rings. The van der Waals surface area contributed by atoms with E-state index in [1.54, 1.807) is 0 Å². The van der Waals surface area contributed by atoms with Crippen LogP contribution in [-0.4, -0.2) is 68.6 Å². The topological polar surface area (TPSA) is 96.2 Å². The van der Waals surface area contributed by atoms with Gasteiger partial charge in [0.05, 0.1) is 49.3 Å². The van der Waals surface area contributed by atoms with Crippen molar-refractivity contribution in [1.82, 2.24) is 42.5 Å². The Labute approximate surface area is 399 Å². The zero-order valence-electron chi connectivity index (χ0n) is 39.0. The van der Waals surface area contributed by atoms with Crippen LogP contribution in [0.5, 0.6) is 0 Å². The van der Waals surface area contributed by atoms with Gasteiger partial charge in [0, 0.05) is 31.1 Å². The van der Waals surface area contributed by atoms with Gasteiger partial charge < -0.3 is 0 Å². The maximum Gasteiger partial charge on any atom is 0.0640 e. The maximum absolute atomic E-state index is 4.56. The molecule has 9 rings (SSSR count). The van der Waals surface area contributed by atoms with Crippen LogP contribution in [0, 0.1) is 92.7 Å². The van der Waals surface area contributed by atoms with E-state index in [2.05, 4.69) is 189 Å². The van der Waals surface area contributed by atoms with E-state index in [9.17, 15) is 0 Å². The van der Waals surface area contributed by atoms with Crippen LogP contribution in [-0.2, 0) is 0 Å². The van der Waals surface area contributed by atoms with Gasteiger partial charge in [0.25, 0.3) is 0 Å². The smallest absolute Gasteiger partial charge is 0.0640 e. The normalized spacial score (nSPS) is 53.6. The molecule has 9 fully saturated rings. The highest BCUT2D eigenvalue weighted by Gasteiger charge is 2.67. The van der Waals surface area contributed by atoms with E-state index >= 15 is 0 Å². The number of alkyl halides is 4. The summed E-state index contributed by atoms with van der Waals surface area (Å²) in [7, 11) is 0. The van der Waals surface area contributed by atoms with E-state index in [0.29, 0.717) is 103 Å². The van der Waals surface area contributed by atoms with Crippen molar-refractivity contribution in [2.24, 2.45) is 92.7 Å². The van der Waals surface area contributed by atoms with Crippen LogP contribution in [0.4, 0.5) is 0 Å². The average molecular weight is 1090 g/mol. The molecule has 0 amide bonds. The summed E-state index contributed by atoms with van der Waals surface area (Å²) in [6.45, 7) is 31.0. The lowest BCUT2D eigenvalue weighted by Crippen LogP contribution is -2.64. The molecule has 8 nitrogen and oxygen atoms in total. The highest BCUT2D eigenvalue weighted by molar-refractivity contribution is 9.14. The van der Waals surface area contributed by atoms with Crippen molar-refractivity contribution in [2.75, 3.05) is 0 Å². The molecule has 4 saturated carbocycles. The molecule has 344 valence electrons. The van der Waals surface area contributed by atoms with E-state index in [1.165, 1.54) is 51.4 Å². The molecule has 5 heterocycles. The predicted molar refractivity (Wildman–Crippen MR) is 263 cm³/mol. The third-order valence-electron chi connectivity index (χ3n) is 18.4. The third-order valence-corrected chi connectivity index (χ3v) is 25.2. The Morgan fingerprint density at radius 2 is 0.500 bits per heavy atom. The number of halogens is 4. The first-order chi connectivity index (χ1) is 28.0. The summed E-state index contributed by atoms with van der Waals surface area (Å²) < 4.78 is 0. The summed E-state index contributed by atoms with van der Waals surface area (Å²) >= 11 is 17.1. The van der Waals surface area contributed by atoms with Crippen molar-refractivity contribution in [3.63, 3.8) is 0 Å². The van der Waals surface area contributed by atoms with Crippen LogP contribution in [0.1, 0.15) is 134 Å². The maximum atomic E-state index is 4.56. The monoisotopic (exact) mass is 1090 g/mol. The van der Waals surface area contributed by atoms with Crippen molar-refractivity contribution in [3.05, 3.63) is 0 Å². The number of nitrogens with one attached hydrogen (secondary N) is 8. The second-order valence-electron chi connectivity index (χ2n) is 26.0. The Bertz CT molecular complexity index is 1540. The Kier molecular flexibility index (Phi) is 13.0. The second kappa shape index (κ2) is 16.7. The molecule has 4 aliphatic carbocycles. The fraction of sp³-hybridized carbons (Fsp3) is 1.00. The van der Waals surface area contributed by atoms with Crippen LogP contribution in [0.2, 0.25) is 0 Å². The minimum Gasteiger partial charge on any atom is -0.286 e. The molecule has 24 atom stereocenters. The molecule has 60 heavy (non-hydrogen) atoms. The zero-order chi connectivity index (χ0) is 43.2.